The number of aryl methyl sites for hydroxylation is 1. The minimum Gasteiger partial charge on any atom is -0.340 e. The van der Waals surface area contributed by atoms with Crippen LogP contribution in [0.4, 0.5) is 0 Å². The van der Waals surface area contributed by atoms with Gasteiger partial charge in [-0.3, -0.25) is 13.9 Å². The lowest BCUT2D eigenvalue weighted by atomic mass is 10.2. The first-order valence-electron chi connectivity index (χ1n) is 7.47. The van der Waals surface area contributed by atoms with Crippen LogP contribution in [0.5, 0.6) is 0 Å². The van der Waals surface area contributed by atoms with Gasteiger partial charge in [-0.15, -0.1) is 0 Å². The van der Waals surface area contributed by atoms with Crippen molar-refractivity contribution < 1.29 is 4.79 Å². The molecule has 1 saturated heterocycles. The number of nitrogens with zero attached hydrogens (tertiary/aromatic N) is 4. The Kier molecular flexibility index (Phi) is 2.67. The number of imidazole rings is 1. The molecule has 1 atom stereocenters. The number of hydrogen-bond donors (Lipinski definition) is 0. The molecule has 2 aliphatic rings. The molecule has 1 aliphatic heterocycles. The Labute approximate surface area is 122 Å². The molecule has 0 unspecified atom stereocenters. The number of pyridine rings is 1. The van der Waals surface area contributed by atoms with Crippen molar-refractivity contribution in [3.63, 3.8) is 0 Å². The minimum atomic E-state index is -0.0468. The van der Waals surface area contributed by atoms with Gasteiger partial charge in [-0.1, -0.05) is 0 Å². The fourth-order valence-electron chi connectivity index (χ4n) is 3.26. The highest BCUT2D eigenvalue weighted by atomic mass is 16.2. The molecule has 2 aromatic rings. The molecule has 6 nitrogen and oxygen atoms in total. The van der Waals surface area contributed by atoms with Crippen molar-refractivity contribution in [1.29, 1.82) is 0 Å². The zero-order chi connectivity index (χ0) is 14.6. The van der Waals surface area contributed by atoms with Gasteiger partial charge in [0, 0.05) is 32.3 Å². The van der Waals surface area contributed by atoms with Crippen LogP contribution in [-0.2, 0) is 11.8 Å². The van der Waals surface area contributed by atoms with Gasteiger partial charge in [0.2, 0.25) is 5.91 Å². The number of likely N-dealkylation sites (tertiary alicyclic amines) is 1. The molecule has 0 aromatic carbocycles. The Hall–Kier alpha value is -2.11. The molecule has 0 radical (unpaired) electrons. The second kappa shape index (κ2) is 4.44. The van der Waals surface area contributed by atoms with E-state index in [0.717, 1.165) is 37.0 Å². The van der Waals surface area contributed by atoms with Crippen molar-refractivity contribution in [2.24, 2.45) is 13.0 Å². The molecule has 3 heterocycles. The summed E-state index contributed by atoms with van der Waals surface area (Å²) in [6, 6.07) is 3.78. The summed E-state index contributed by atoms with van der Waals surface area (Å²) in [5, 5.41) is 0. The number of carbonyl (C=O) groups excluding carboxylic acids is 1. The number of carbonyl (C=O) groups is 1. The van der Waals surface area contributed by atoms with E-state index >= 15 is 0 Å². The number of fused-ring (bicyclic) bond motifs is 1. The number of rotatable bonds is 2. The third-order valence-corrected chi connectivity index (χ3v) is 4.62. The average molecular weight is 286 g/mol. The van der Waals surface area contributed by atoms with Crippen molar-refractivity contribution in [3.05, 3.63) is 28.8 Å². The third kappa shape index (κ3) is 1.89. The van der Waals surface area contributed by atoms with E-state index in [2.05, 4.69) is 4.98 Å². The summed E-state index contributed by atoms with van der Waals surface area (Å²) < 4.78 is 3.39. The summed E-state index contributed by atoms with van der Waals surface area (Å²) >= 11 is 0. The van der Waals surface area contributed by atoms with E-state index in [9.17, 15) is 9.59 Å². The summed E-state index contributed by atoms with van der Waals surface area (Å²) in [4.78, 5) is 30.9. The van der Waals surface area contributed by atoms with Gasteiger partial charge in [-0.25, -0.2) is 9.78 Å². The highest BCUT2D eigenvalue weighted by molar-refractivity contribution is 5.81. The molecule has 4 rings (SSSR count). The van der Waals surface area contributed by atoms with Crippen LogP contribution < -0.4 is 5.69 Å². The second-order valence-corrected chi connectivity index (χ2v) is 6.06. The topological polar surface area (TPSA) is 60.1 Å². The van der Waals surface area contributed by atoms with Crippen LogP contribution in [-0.4, -0.2) is 38.0 Å². The molecule has 21 heavy (non-hydrogen) atoms. The molecule has 1 aliphatic carbocycles. The molecule has 6 heteroatoms. The van der Waals surface area contributed by atoms with Crippen LogP contribution in [0.1, 0.15) is 25.3 Å². The summed E-state index contributed by atoms with van der Waals surface area (Å²) in [5.74, 6) is 0.504. The van der Waals surface area contributed by atoms with Gasteiger partial charge in [-0.2, -0.15) is 0 Å². The fourth-order valence-corrected chi connectivity index (χ4v) is 3.26. The summed E-state index contributed by atoms with van der Waals surface area (Å²) in [5.41, 5.74) is 1.51. The smallest absolute Gasteiger partial charge is 0.330 e. The summed E-state index contributed by atoms with van der Waals surface area (Å²) in [6.45, 7) is 1.38. The zero-order valence-corrected chi connectivity index (χ0v) is 12.0. The molecule has 0 N–H and O–H groups in total. The first kappa shape index (κ1) is 12.6. The maximum absolute atomic E-state index is 12.5. The molecule has 1 saturated carbocycles. The van der Waals surface area contributed by atoms with Crippen molar-refractivity contribution in [3.8, 4) is 0 Å². The number of amides is 1. The van der Waals surface area contributed by atoms with Gasteiger partial charge in [-0.05, 0) is 31.4 Å². The van der Waals surface area contributed by atoms with Crippen molar-refractivity contribution in [2.75, 3.05) is 13.1 Å². The Bertz CT molecular complexity index is 772. The normalized spacial score (nSPS) is 22.1. The SMILES string of the molecule is Cn1c(=O)n([C@H]2CCN(C(=O)C3CC3)C2)c2ncccc21. The average Bonchev–Trinajstić information content (AvgIpc) is 3.19. The third-order valence-electron chi connectivity index (χ3n) is 4.62. The first-order valence-corrected chi connectivity index (χ1v) is 7.47. The van der Waals surface area contributed by atoms with Crippen LogP contribution in [0.3, 0.4) is 0 Å². The van der Waals surface area contributed by atoms with Gasteiger partial charge in [0.1, 0.15) is 0 Å². The van der Waals surface area contributed by atoms with Crippen LogP contribution in [0.15, 0.2) is 23.1 Å². The van der Waals surface area contributed by atoms with Crippen molar-refractivity contribution >= 4 is 17.1 Å². The lowest BCUT2D eigenvalue weighted by molar-refractivity contribution is -0.131. The monoisotopic (exact) mass is 286 g/mol. The standard InChI is InChI=1S/C15H18N4O2/c1-17-12-3-2-7-16-13(12)19(15(17)21)11-6-8-18(9-11)14(20)10-4-5-10/h2-3,7,10-11H,4-6,8-9H2,1H3/t11-/m0/s1. The predicted octanol–water partition coefficient (Wildman–Crippen LogP) is 0.918. The van der Waals surface area contributed by atoms with Gasteiger partial charge >= 0.3 is 5.69 Å². The van der Waals surface area contributed by atoms with Gasteiger partial charge in [0.15, 0.2) is 5.65 Å². The van der Waals surface area contributed by atoms with E-state index in [1.165, 1.54) is 0 Å². The maximum atomic E-state index is 12.5. The molecule has 2 aromatic heterocycles. The lowest BCUT2D eigenvalue weighted by Crippen LogP contribution is -2.32. The Balaban J connectivity index is 1.70. The molecule has 110 valence electrons. The van der Waals surface area contributed by atoms with Crippen molar-refractivity contribution in [1.82, 2.24) is 19.0 Å². The summed E-state index contributed by atoms with van der Waals surface area (Å²) in [6.07, 6.45) is 4.58. The van der Waals surface area contributed by atoms with Gasteiger partial charge < -0.3 is 4.90 Å². The fraction of sp³-hybridized carbons (Fsp3) is 0.533. The molecular formula is C15H18N4O2. The number of aromatic nitrogens is 3. The van der Waals surface area contributed by atoms with Crippen LogP contribution >= 0.6 is 0 Å². The molecule has 0 spiro atoms. The Morgan fingerprint density at radius 2 is 2.14 bits per heavy atom. The first-order chi connectivity index (χ1) is 10.2. The highest BCUT2D eigenvalue weighted by Crippen LogP contribution is 2.33. The Morgan fingerprint density at radius 1 is 1.33 bits per heavy atom. The van der Waals surface area contributed by atoms with Crippen molar-refractivity contribution in [2.45, 2.75) is 25.3 Å². The quantitative estimate of drug-likeness (QED) is 0.825. The lowest BCUT2D eigenvalue weighted by Gasteiger charge is -2.16. The van der Waals surface area contributed by atoms with E-state index < -0.39 is 0 Å². The molecular weight excluding hydrogens is 268 g/mol. The van der Waals surface area contributed by atoms with Gasteiger partial charge in [0.05, 0.1) is 11.6 Å². The number of hydrogen-bond acceptors (Lipinski definition) is 3. The van der Waals surface area contributed by atoms with E-state index in [-0.39, 0.29) is 23.6 Å². The van der Waals surface area contributed by atoms with Crippen LogP contribution in [0, 0.1) is 5.92 Å². The van der Waals surface area contributed by atoms with E-state index in [1.54, 1.807) is 22.4 Å². The molecule has 1 amide bonds. The zero-order valence-electron chi connectivity index (χ0n) is 12.0. The van der Waals surface area contributed by atoms with Crippen LogP contribution in [0.25, 0.3) is 11.2 Å². The van der Waals surface area contributed by atoms with E-state index in [4.69, 9.17) is 0 Å². The molecule has 0 bridgehead atoms. The highest BCUT2D eigenvalue weighted by Gasteiger charge is 2.37. The van der Waals surface area contributed by atoms with Gasteiger partial charge in [0.25, 0.3) is 0 Å². The minimum absolute atomic E-state index is 0.0406. The maximum Gasteiger partial charge on any atom is 0.330 e. The van der Waals surface area contributed by atoms with E-state index in [0.29, 0.717) is 6.54 Å². The van der Waals surface area contributed by atoms with E-state index in [1.807, 2.05) is 17.0 Å². The largest absolute Gasteiger partial charge is 0.340 e. The van der Waals surface area contributed by atoms with Crippen LogP contribution in [0.2, 0.25) is 0 Å². The Morgan fingerprint density at radius 3 is 2.90 bits per heavy atom. The summed E-state index contributed by atoms with van der Waals surface area (Å²) in [7, 11) is 1.77. The predicted molar refractivity (Wildman–Crippen MR) is 77.9 cm³/mol. The second-order valence-electron chi connectivity index (χ2n) is 6.06. The molecule has 2 fully saturated rings.